The summed E-state index contributed by atoms with van der Waals surface area (Å²) in [6.07, 6.45) is 2.22. The summed E-state index contributed by atoms with van der Waals surface area (Å²) in [5.41, 5.74) is 2.71. The molecule has 1 aromatic heterocycles. The Balaban J connectivity index is 0.00000166. The number of ether oxygens (including phenoxy) is 4. The highest BCUT2D eigenvalue weighted by Crippen LogP contribution is 2.48. The number of hydrogen-bond donors (Lipinski definition) is 1. The molecule has 1 atom stereocenters. The van der Waals surface area contributed by atoms with Crippen LogP contribution in [0, 0.1) is 11.8 Å². The van der Waals surface area contributed by atoms with Crippen molar-refractivity contribution in [2.45, 2.75) is 47.6 Å². The van der Waals surface area contributed by atoms with Crippen LogP contribution in [0.2, 0.25) is 0 Å². The maximum Gasteiger partial charge on any atom is 0.412 e. The monoisotopic (exact) mass is 430 g/mol. The second-order valence-corrected chi connectivity index (χ2v) is 7.65. The first kappa shape index (κ1) is 24.3. The van der Waals surface area contributed by atoms with Gasteiger partial charge in [0.15, 0.2) is 11.5 Å². The van der Waals surface area contributed by atoms with E-state index in [0.717, 1.165) is 23.1 Å². The lowest BCUT2D eigenvalue weighted by Gasteiger charge is -2.24. The van der Waals surface area contributed by atoms with Crippen molar-refractivity contribution in [3.05, 3.63) is 30.0 Å². The Bertz CT molecular complexity index is 883. The van der Waals surface area contributed by atoms with Crippen LogP contribution in [0.4, 0.5) is 10.6 Å². The van der Waals surface area contributed by atoms with Crippen molar-refractivity contribution in [2.75, 3.05) is 26.1 Å². The normalized spacial score (nSPS) is 12.4. The number of methoxy groups -OCH3 is 2. The number of aromatic nitrogens is 1. The van der Waals surface area contributed by atoms with Gasteiger partial charge in [0.25, 0.3) is 0 Å². The molecule has 0 radical (unpaired) electrons. The molecule has 0 fully saturated rings. The number of carbonyl (C=O) groups excluding carboxylic acids is 1. The number of benzene rings is 1. The predicted octanol–water partition coefficient (Wildman–Crippen LogP) is 5.92. The van der Waals surface area contributed by atoms with E-state index in [-0.39, 0.29) is 0 Å². The van der Waals surface area contributed by atoms with Gasteiger partial charge in [-0.3, -0.25) is 5.32 Å². The predicted molar refractivity (Wildman–Crippen MR) is 122 cm³/mol. The molecule has 31 heavy (non-hydrogen) atoms. The average molecular weight is 431 g/mol. The van der Waals surface area contributed by atoms with Crippen molar-refractivity contribution in [1.82, 2.24) is 4.98 Å². The Kier molecular flexibility index (Phi) is 8.97. The fraction of sp³-hybridized carbons (Fsp3) is 0.500. The second-order valence-electron chi connectivity index (χ2n) is 7.65. The highest BCUT2D eigenvalue weighted by molar-refractivity contribution is 5.86. The molecule has 7 nitrogen and oxygen atoms in total. The topological polar surface area (TPSA) is 78.9 Å². The van der Waals surface area contributed by atoms with Crippen molar-refractivity contribution in [2.24, 2.45) is 11.8 Å². The van der Waals surface area contributed by atoms with Gasteiger partial charge in [0.1, 0.15) is 12.4 Å². The van der Waals surface area contributed by atoms with Gasteiger partial charge in [-0.1, -0.05) is 34.6 Å². The molecule has 1 aromatic carbocycles. The fourth-order valence-corrected chi connectivity index (χ4v) is 3.54. The van der Waals surface area contributed by atoms with Crippen LogP contribution in [-0.2, 0) is 11.3 Å². The highest BCUT2D eigenvalue weighted by Gasteiger charge is 2.25. The first-order valence-electron chi connectivity index (χ1n) is 10.7. The lowest BCUT2D eigenvalue weighted by molar-refractivity contribution is 0.187. The zero-order valence-electron chi connectivity index (χ0n) is 19.6. The number of pyridine rings is 1. The molecule has 170 valence electrons. The maximum atomic E-state index is 11.5. The van der Waals surface area contributed by atoms with E-state index in [2.05, 4.69) is 35.8 Å². The molecule has 0 bridgehead atoms. The first-order chi connectivity index (χ1) is 14.9. The van der Waals surface area contributed by atoms with Crippen molar-refractivity contribution in [1.29, 1.82) is 0 Å². The largest absolute Gasteiger partial charge is 0.490 e. The van der Waals surface area contributed by atoms with Crippen LogP contribution < -0.4 is 19.5 Å². The number of nitrogens with zero attached hydrogens (tertiary/aromatic N) is 1. The maximum absolute atomic E-state index is 11.5. The number of anilines is 1. The Hall–Kier alpha value is -2.96. The molecule has 1 N–H and O–H groups in total. The molecule has 0 saturated heterocycles. The van der Waals surface area contributed by atoms with E-state index in [1.807, 2.05) is 26.0 Å². The lowest BCUT2D eigenvalue weighted by atomic mass is 9.97. The summed E-state index contributed by atoms with van der Waals surface area (Å²) < 4.78 is 22.3. The number of hydrogen-bond acceptors (Lipinski definition) is 6. The number of nitrogens with one attached hydrogen (secondary N) is 1. The Morgan fingerprint density at radius 3 is 2.58 bits per heavy atom. The molecule has 0 aliphatic carbocycles. The molecule has 1 aliphatic rings. The number of carbonyl (C=O) groups is 1. The molecule has 0 spiro atoms. The Labute approximate surface area is 185 Å². The zero-order valence-corrected chi connectivity index (χ0v) is 19.6. The van der Waals surface area contributed by atoms with Crippen molar-refractivity contribution in [3.8, 4) is 28.4 Å². The van der Waals surface area contributed by atoms with Gasteiger partial charge in [0.05, 0.1) is 20.8 Å². The summed E-state index contributed by atoms with van der Waals surface area (Å²) in [6, 6.07) is 5.64. The van der Waals surface area contributed by atoms with Crippen LogP contribution in [-0.4, -0.2) is 31.9 Å². The quantitative estimate of drug-likeness (QED) is 0.588. The van der Waals surface area contributed by atoms with E-state index >= 15 is 0 Å². The molecule has 3 rings (SSSR count). The molecule has 0 saturated carbocycles. The third kappa shape index (κ3) is 6.03. The second kappa shape index (κ2) is 11.4. The van der Waals surface area contributed by atoms with Crippen LogP contribution in [0.25, 0.3) is 11.1 Å². The van der Waals surface area contributed by atoms with E-state index in [9.17, 15) is 4.79 Å². The summed E-state index contributed by atoms with van der Waals surface area (Å²) in [6.45, 7) is 11.6. The van der Waals surface area contributed by atoms with Gasteiger partial charge in [-0.15, -0.1) is 0 Å². The third-order valence-corrected chi connectivity index (χ3v) is 4.74. The molecule has 1 unspecified atom stereocenters. The number of rotatable bonds is 7. The van der Waals surface area contributed by atoms with E-state index in [0.29, 0.717) is 48.1 Å². The van der Waals surface area contributed by atoms with Gasteiger partial charge in [-0.05, 0) is 42.0 Å². The van der Waals surface area contributed by atoms with E-state index in [1.54, 1.807) is 19.4 Å². The van der Waals surface area contributed by atoms with Crippen LogP contribution in [0.15, 0.2) is 24.4 Å². The Morgan fingerprint density at radius 2 is 1.94 bits per heavy atom. The fourth-order valence-electron chi connectivity index (χ4n) is 3.54. The number of fused-ring (bicyclic) bond motifs is 3. The minimum absolute atomic E-state index is 0.359. The summed E-state index contributed by atoms with van der Waals surface area (Å²) in [7, 11) is 2.92. The van der Waals surface area contributed by atoms with Gasteiger partial charge < -0.3 is 18.9 Å². The molecule has 2 heterocycles. The molecule has 2 aromatic rings. The van der Waals surface area contributed by atoms with Crippen LogP contribution in [0.1, 0.15) is 46.6 Å². The zero-order chi connectivity index (χ0) is 23.0. The van der Waals surface area contributed by atoms with E-state index < -0.39 is 6.09 Å². The molecule has 1 amide bonds. The van der Waals surface area contributed by atoms with Crippen molar-refractivity contribution < 1.29 is 23.7 Å². The van der Waals surface area contributed by atoms with Crippen molar-refractivity contribution in [3.63, 3.8) is 0 Å². The van der Waals surface area contributed by atoms with E-state index in [1.165, 1.54) is 7.11 Å². The van der Waals surface area contributed by atoms with Gasteiger partial charge in [0, 0.05) is 17.3 Å². The Morgan fingerprint density at radius 1 is 1.19 bits per heavy atom. The minimum atomic E-state index is -0.568. The van der Waals surface area contributed by atoms with Crippen LogP contribution in [0.5, 0.6) is 17.2 Å². The summed E-state index contributed by atoms with van der Waals surface area (Å²) >= 11 is 0. The standard InChI is InChI=1S/C22H28N2O5.C2H6/c1-13(2)8-14(3)11-28-18-7-6-16-17-9-19(24-22(25)27-5)23-10-15(17)12-29-20(16)21(18)26-4;1-2/h6-7,9-10,13-14H,8,11-12H2,1-5H3,(H,23,24,25);1-2H3. The third-order valence-electron chi connectivity index (χ3n) is 4.74. The smallest absolute Gasteiger partial charge is 0.412 e. The molecule has 7 heteroatoms. The van der Waals surface area contributed by atoms with E-state index in [4.69, 9.17) is 14.2 Å². The summed E-state index contributed by atoms with van der Waals surface area (Å²) in [5, 5.41) is 2.59. The number of amides is 1. The van der Waals surface area contributed by atoms with Gasteiger partial charge >= 0.3 is 6.09 Å². The lowest BCUT2D eigenvalue weighted by Crippen LogP contribution is -2.14. The molecular formula is C24H34N2O5. The highest BCUT2D eigenvalue weighted by atomic mass is 16.5. The first-order valence-corrected chi connectivity index (χ1v) is 10.7. The SMILES string of the molecule is CC.COC(=O)Nc1cc2c(cn1)COc1c-2ccc(OCC(C)CC(C)C)c1OC. The average Bonchev–Trinajstić information content (AvgIpc) is 2.77. The van der Waals surface area contributed by atoms with Crippen LogP contribution in [0.3, 0.4) is 0 Å². The van der Waals surface area contributed by atoms with Crippen molar-refractivity contribution >= 4 is 11.9 Å². The summed E-state index contributed by atoms with van der Waals surface area (Å²) in [5.74, 6) is 3.33. The van der Waals surface area contributed by atoms with Gasteiger partial charge in [0.2, 0.25) is 5.75 Å². The van der Waals surface area contributed by atoms with Gasteiger partial charge in [-0.25, -0.2) is 9.78 Å². The van der Waals surface area contributed by atoms with Crippen LogP contribution >= 0.6 is 0 Å². The van der Waals surface area contributed by atoms with Gasteiger partial charge in [-0.2, -0.15) is 0 Å². The minimum Gasteiger partial charge on any atom is -0.490 e. The molecular weight excluding hydrogens is 396 g/mol. The summed E-state index contributed by atoms with van der Waals surface area (Å²) in [4.78, 5) is 15.7. The molecule has 1 aliphatic heterocycles.